The number of benzene rings is 4. The highest BCUT2D eigenvalue weighted by Crippen LogP contribution is 2.51. The first-order chi connectivity index (χ1) is 30.0. The van der Waals surface area contributed by atoms with Gasteiger partial charge >= 0.3 is 18.2 Å². The molecule has 17 heteroatoms. The Hall–Kier alpha value is -5.78. The monoisotopic (exact) mass is 888 g/mol. The molecule has 63 heavy (non-hydrogen) atoms. The zero-order valence-electron chi connectivity index (χ0n) is 34.3. The summed E-state index contributed by atoms with van der Waals surface area (Å²) in [4.78, 5) is 52.1. The van der Waals surface area contributed by atoms with E-state index in [1.807, 2.05) is 48.5 Å². The second-order valence-corrected chi connectivity index (χ2v) is 17.1. The van der Waals surface area contributed by atoms with Gasteiger partial charge in [0.2, 0.25) is 11.5 Å². The summed E-state index contributed by atoms with van der Waals surface area (Å²) in [6.45, 7) is 0.257. The molecule has 5 aromatic rings. The number of hydrogen-bond donors (Lipinski definition) is 5. The Labute approximate surface area is 365 Å². The molecule has 3 fully saturated rings. The first kappa shape index (κ1) is 43.9. The minimum Gasteiger partial charge on any atom is -0.445 e. The van der Waals surface area contributed by atoms with Crippen molar-refractivity contribution in [2.45, 2.75) is 81.3 Å². The molecule has 330 valence electrons. The van der Waals surface area contributed by atoms with E-state index in [2.05, 4.69) is 39.8 Å². The number of nitrogens with one attached hydrogen (secondary N) is 4. The van der Waals surface area contributed by atoms with Gasteiger partial charge in [-0.1, -0.05) is 66.2 Å². The fourth-order valence-electron chi connectivity index (χ4n) is 8.99. The van der Waals surface area contributed by atoms with Crippen LogP contribution in [0.25, 0.3) is 22.0 Å². The molecule has 0 radical (unpaired) electrons. The lowest BCUT2D eigenvalue weighted by Crippen LogP contribution is -2.60. The standard InChI is InChI=1S/C46H45ClF3N5O8/c1-55(2)35-21-28(22-36(55)43-42(35)63-43)61-45(60)53-34-20-25(11-13-29(34)27-8-4-3-5-9-27)7-6-10-39(57)52-33-16-12-26(19-32(33)47)23-51-24-37(56)30-14-17-38(62-44(59)46(48,49)50)41-31(30)15-18-40(58)54-41/h3-5,8-9,11-20,28,35-37,42-43,51,56H,6-7,10,21-24H2,1-2H3,(H2-,52,53,54,57,58,60)/p+1/t28?,35-,36+,37-,42-,43+/m0/s1. The number of carbonyl (C=O) groups is 3. The van der Waals surface area contributed by atoms with Crippen molar-refractivity contribution in [3.63, 3.8) is 0 Å². The molecule has 1 unspecified atom stereocenters. The Morgan fingerprint density at radius 2 is 1.65 bits per heavy atom. The molecule has 0 spiro atoms. The molecule has 5 N–H and O–H groups in total. The molecule has 4 heterocycles. The van der Waals surface area contributed by atoms with Gasteiger partial charge in [0, 0.05) is 49.4 Å². The fraction of sp³-hybridized carbons (Fsp3) is 0.348. The lowest BCUT2D eigenvalue weighted by atomic mass is 9.96. The first-order valence-electron chi connectivity index (χ1n) is 20.6. The Bertz CT molecular complexity index is 2590. The number of pyridine rings is 1. The fourth-order valence-corrected chi connectivity index (χ4v) is 9.24. The Morgan fingerprint density at radius 3 is 2.37 bits per heavy atom. The SMILES string of the molecule is C[N+]1(C)[C@@H]2CC(OC(=O)Nc3cc(CCCC(=O)Nc4ccc(CNC[C@H](O)c5ccc(OC(=O)C(F)(F)F)c6[nH]c(=O)ccc56)cc4Cl)ccc3-c3ccccc3)C[C@H]1[C@@H]1O[C@@H]12. The summed E-state index contributed by atoms with van der Waals surface area (Å²) >= 11 is 6.54. The molecule has 13 nitrogen and oxygen atoms in total. The second-order valence-electron chi connectivity index (χ2n) is 16.7. The predicted octanol–water partition coefficient (Wildman–Crippen LogP) is 7.41. The summed E-state index contributed by atoms with van der Waals surface area (Å²) in [6, 6.07) is 26.2. The highest BCUT2D eigenvalue weighted by atomic mass is 35.5. The molecular formula is C46H46ClF3N5O8+. The number of aryl methyl sites for hydroxylation is 1. The molecule has 2 bridgehead atoms. The summed E-state index contributed by atoms with van der Waals surface area (Å²) in [5, 5.41) is 20.4. The van der Waals surface area contributed by atoms with E-state index >= 15 is 0 Å². The number of H-pyrrole nitrogens is 1. The number of esters is 1. The van der Waals surface area contributed by atoms with Gasteiger partial charge in [-0.3, -0.25) is 14.9 Å². The molecule has 8 rings (SSSR count). The van der Waals surface area contributed by atoms with Crippen LogP contribution in [0.5, 0.6) is 5.75 Å². The minimum absolute atomic E-state index is 0.00114. The number of alkyl halides is 3. The number of nitrogens with zero attached hydrogens (tertiary/aromatic N) is 1. The normalized spacial score (nSPS) is 21.3. The maximum absolute atomic E-state index is 13.3. The number of carbonyl (C=O) groups excluding carboxylic acids is 3. The van der Waals surface area contributed by atoms with Crippen LogP contribution in [0.15, 0.2) is 95.8 Å². The maximum Gasteiger partial charge on any atom is 0.491 e. The number of amides is 2. The Morgan fingerprint density at radius 1 is 0.921 bits per heavy atom. The summed E-state index contributed by atoms with van der Waals surface area (Å²) in [7, 11) is 4.46. The van der Waals surface area contributed by atoms with Gasteiger partial charge in [0.25, 0.3) is 0 Å². The minimum atomic E-state index is -5.25. The molecule has 0 aliphatic carbocycles. The van der Waals surface area contributed by atoms with Crippen molar-refractivity contribution in [3.05, 3.63) is 123 Å². The number of likely N-dealkylation sites (N-methyl/N-ethyl adjacent to an activating group) is 1. The van der Waals surface area contributed by atoms with Gasteiger partial charge in [0.15, 0.2) is 5.75 Å². The third-order valence-electron chi connectivity index (χ3n) is 12.2. The van der Waals surface area contributed by atoms with E-state index < -0.39 is 35.7 Å². The van der Waals surface area contributed by atoms with Crippen LogP contribution in [0.2, 0.25) is 5.02 Å². The largest absolute Gasteiger partial charge is 0.491 e. The number of fused-ring (bicyclic) bond motifs is 6. The van der Waals surface area contributed by atoms with Crippen molar-refractivity contribution >= 4 is 51.8 Å². The number of quaternary nitrogens is 1. The first-order valence-corrected chi connectivity index (χ1v) is 21.0. The average molecular weight is 889 g/mol. The van der Waals surface area contributed by atoms with E-state index in [1.54, 1.807) is 18.2 Å². The van der Waals surface area contributed by atoms with Gasteiger partial charge in [-0.2, -0.15) is 13.2 Å². The summed E-state index contributed by atoms with van der Waals surface area (Å²) in [6.07, 6.45) is -3.76. The summed E-state index contributed by atoms with van der Waals surface area (Å²) in [5.41, 5.74) is 3.99. The van der Waals surface area contributed by atoms with E-state index in [0.29, 0.717) is 41.3 Å². The zero-order valence-corrected chi connectivity index (χ0v) is 35.1. The Balaban J connectivity index is 0.828. The van der Waals surface area contributed by atoms with Gasteiger partial charge in [-0.05, 0) is 65.4 Å². The molecule has 3 aliphatic heterocycles. The molecule has 3 saturated heterocycles. The van der Waals surface area contributed by atoms with Crippen LogP contribution in [0.4, 0.5) is 29.3 Å². The van der Waals surface area contributed by atoms with Crippen LogP contribution in [0, 0.1) is 0 Å². The summed E-state index contributed by atoms with van der Waals surface area (Å²) < 4.78 is 55.7. The average Bonchev–Trinajstić information content (AvgIpc) is 4.01. The van der Waals surface area contributed by atoms with E-state index in [0.717, 1.165) is 51.7 Å². The lowest BCUT2D eigenvalue weighted by Gasteiger charge is -2.45. The number of anilines is 2. The quantitative estimate of drug-likeness (QED) is 0.0330. The number of hydrogen-bond acceptors (Lipinski definition) is 9. The maximum atomic E-state index is 13.3. The van der Waals surface area contributed by atoms with Crippen LogP contribution in [-0.4, -0.2) is 89.8 Å². The van der Waals surface area contributed by atoms with Gasteiger partial charge in [-0.25, -0.2) is 9.59 Å². The van der Waals surface area contributed by atoms with Crippen molar-refractivity contribution < 1.29 is 51.4 Å². The molecule has 2 amide bonds. The summed E-state index contributed by atoms with van der Waals surface area (Å²) in [5.74, 6) is -3.19. The van der Waals surface area contributed by atoms with Crippen molar-refractivity contribution in [1.82, 2.24) is 10.3 Å². The second kappa shape index (κ2) is 17.8. The van der Waals surface area contributed by atoms with Crippen molar-refractivity contribution in [1.29, 1.82) is 0 Å². The molecule has 1 aromatic heterocycles. The van der Waals surface area contributed by atoms with E-state index in [9.17, 15) is 37.5 Å². The number of piperidine rings is 1. The van der Waals surface area contributed by atoms with Crippen LogP contribution < -0.4 is 26.2 Å². The number of aromatic amines is 1. The zero-order chi connectivity index (χ0) is 44.6. The smallest absolute Gasteiger partial charge is 0.445 e. The van der Waals surface area contributed by atoms with Crippen LogP contribution in [-0.2, 0) is 32.0 Å². The van der Waals surface area contributed by atoms with Crippen LogP contribution in [0.3, 0.4) is 0 Å². The topological polar surface area (TPSA) is 171 Å². The van der Waals surface area contributed by atoms with E-state index in [-0.39, 0.29) is 60.2 Å². The number of aromatic nitrogens is 1. The number of rotatable bonds is 14. The predicted molar refractivity (Wildman–Crippen MR) is 229 cm³/mol. The number of morpholine rings is 1. The highest BCUT2D eigenvalue weighted by molar-refractivity contribution is 6.33. The third-order valence-corrected chi connectivity index (χ3v) is 12.6. The number of halogens is 4. The number of aliphatic hydroxyl groups is 1. The van der Waals surface area contributed by atoms with E-state index in [1.165, 1.54) is 12.1 Å². The van der Waals surface area contributed by atoms with Gasteiger partial charge in [-0.15, -0.1) is 0 Å². The number of aliphatic hydroxyl groups excluding tert-OH is 1. The lowest BCUT2D eigenvalue weighted by molar-refractivity contribution is -0.938. The van der Waals surface area contributed by atoms with Crippen LogP contribution in [0.1, 0.15) is 48.5 Å². The highest BCUT2D eigenvalue weighted by Gasteiger charge is 2.70. The van der Waals surface area contributed by atoms with E-state index in [4.69, 9.17) is 21.1 Å². The van der Waals surface area contributed by atoms with Gasteiger partial charge in [0.1, 0.15) is 30.4 Å². The van der Waals surface area contributed by atoms with Crippen molar-refractivity contribution in [2.75, 3.05) is 31.3 Å². The Kier molecular flexibility index (Phi) is 12.4. The number of epoxide rings is 1. The third kappa shape index (κ3) is 9.75. The molecule has 6 atom stereocenters. The van der Waals surface area contributed by atoms with Gasteiger partial charge < -0.3 is 39.4 Å². The molecular weight excluding hydrogens is 843 g/mol. The van der Waals surface area contributed by atoms with Gasteiger partial charge in [0.05, 0.1) is 42.1 Å². The molecule has 4 aromatic carbocycles. The van der Waals surface area contributed by atoms with Crippen LogP contribution >= 0.6 is 11.6 Å². The number of ether oxygens (including phenoxy) is 3. The van der Waals surface area contributed by atoms with Crippen molar-refractivity contribution in [3.8, 4) is 16.9 Å². The van der Waals surface area contributed by atoms with Crippen molar-refractivity contribution in [2.24, 2.45) is 0 Å². The molecule has 0 saturated carbocycles. The molecule has 3 aliphatic rings.